The van der Waals surface area contributed by atoms with Crippen LogP contribution in [-0.4, -0.2) is 16.3 Å². The smallest absolute Gasteiger partial charge is 0.124 e. The molecule has 2 heterocycles. The summed E-state index contributed by atoms with van der Waals surface area (Å²) < 4.78 is 0. The normalized spacial score (nSPS) is 14.9. The molecule has 0 unspecified atom stereocenters. The van der Waals surface area contributed by atoms with Gasteiger partial charge in [0.1, 0.15) is 5.75 Å². The maximum Gasteiger partial charge on any atom is 0.124 e. The van der Waals surface area contributed by atoms with Gasteiger partial charge in [0.25, 0.3) is 0 Å². The number of phenols is 1. The second-order valence-corrected chi connectivity index (χ2v) is 6.07. The number of nitrogens with zero attached hydrogens (tertiary/aromatic N) is 1. The molecule has 25 heavy (non-hydrogen) atoms. The molecule has 0 radical (unpaired) electrons. The van der Waals surface area contributed by atoms with Gasteiger partial charge in [-0.2, -0.15) is 0 Å². The lowest BCUT2D eigenvalue weighted by Crippen LogP contribution is -1.92. The third-order valence-electron chi connectivity index (χ3n) is 4.30. The molecule has 0 bridgehead atoms. The first kappa shape index (κ1) is 15.2. The minimum Gasteiger partial charge on any atom is -0.507 e. The van der Waals surface area contributed by atoms with E-state index in [2.05, 4.69) is 41.2 Å². The van der Waals surface area contributed by atoms with Crippen LogP contribution in [0.25, 0.3) is 16.8 Å². The Bertz CT molecular complexity index is 991. The number of aliphatic imine (C=N–C) groups is 1. The molecule has 1 aromatic heterocycles. The Morgan fingerprint density at radius 3 is 2.48 bits per heavy atom. The van der Waals surface area contributed by atoms with Gasteiger partial charge >= 0.3 is 0 Å². The van der Waals surface area contributed by atoms with Crippen molar-refractivity contribution in [1.29, 1.82) is 0 Å². The van der Waals surface area contributed by atoms with Crippen molar-refractivity contribution in [3.63, 3.8) is 0 Å². The lowest BCUT2D eigenvalue weighted by atomic mass is 9.99. The number of benzene rings is 2. The first-order valence-electron chi connectivity index (χ1n) is 8.22. The van der Waals surface area contributed by atoms with Gasteiger partial charge in [-0.3, -0.25) is 4.99 Å². The molecule has 2 N–H and O–H groups in total. The molecule has 2 aromatic carbocycles. The van der Waals surface area contributed by atoms with Gasteiger partial charge in [-0.1, -0.05) is 42.0 Å². The van der Waals surface area contributed by atoms with Crippen molar-refractivity contribution in [2.45, 2.75) is 6.92 Å². The van der Waals surface area contributed by atoms with E-state index in [4.69, 9.17) is 0 Å². The molecule has 0 amide bonds. The molecule has 3 nitrogen and oxygen atoms in total. The van der Waals surface area contributed by atoms with Crippen LogP contribution in [0.2, 0.25) is 0 Å². The van der Waals surface area contributed by atoms with E-state index in [-0.39, 0.29) is 5.75 Å². The van der Waals surface area contributed by atoms with Gasteiger partial charge < -0.3 is 10.1 Å². The Kier molecular flexibility index (Phi) is 3.82. The number of aromatic amines is 1. The fourth-order valence-electron chi connectivity index (χ4n) is 3.01. The summed E-state index contributed by atoms with van der Waals surface area (Å²) in [4.78, 5) is 7.92. The van der Waals surface area contributed by atoms with E-state index in [1.807, 2.05) is 42.5 Å². The standard InChI is InChI=1S/C22H18N2O/c1-15-8-10-16(11-9-15)22(19-6-4-14-23-19)20-13-12-18(24-20)17-5-2-3-7-21(17)25/h2-14,24-25H,1H3/b22-19-. The van der Waals surface area contributed by atoms with E-state index in [0.29, 0.717) is 0 Å². The highest BCUT2D eigenvalue weighted by Gasteiger charge is 2.15. The average molecular weight is 326 g/mol. The molecule has 0 saturated carbocycles. The van der Waals surface area contributed by atoms with Gasteiger partial charge in [0.15, 0.2) is 0 Å². The van der Waals surface area contributed by atoms with Crippen molar-refractivity contribution in [1.82, 2.24) is 4.98 Å². The summed E-state index contributed by atoms with van der Waals surface area (Å²) in [5.74, 6) is 0.263. The highest BCUT2D eigenvalue weighted by Crippen LogP contribution is 2.33. The predicted octanol–water partition coefficient (Wildman–Crippen LogP) is 5.10. The van der Waals surface area contributed by atoms with Crippen LogP contribution in [0, 0.1) is 6.92 Å². The third kappa shape index (κ3) is 2.92. The summed E-state index contributed by atoms with van der Waals surface area (Å²) in [5.41, 5.74) is 6.94. The number of H-pyrrole nitrogens is 1. The number of aromatic hydroxyl groups is 1. The Balaban J connectivity index is 1.84. The van der Waals surface area contributed by atoms with Crippen molar-refractivity contribution >= 4 is 11.8 Å². The van der Waals surface area contributed by atoms with E-state index in [1.54, 1.807) is 12.3 Å². The number of aryl methyl sites for hydroxylation is 1. The van der Waals surface area contributed by atoms with E-state index in [1.165, 1.54) is 5.56 Å². The number of allylic oxidation sites excluding steroid dienone is 2. The average Bonchev–Trinajstić information content (AvgIpc) is 3.30. The van der Waals surface area contributed by atoms with E-state index in [9.17, 15) is 5.11 Å². The van der Waals surface area contributed by atoms with Crippen LogP contribution in [0.5, 0.6) is 5.75 Å². The van der Waals surface area contributed by atoms with E-state index in [0.717, 1.165) is 33.8 Å². The molecule has 1 aliphatic heterocycles. The van der Waals surface area contributed by atoms with Gasteiger partial charge in [0, 0.05) is 28.7 Å². The molecule has 3 heteroatoms. The number of hydrogen-bond donors (Lipinski definition) is 2. The SMILES string of the molecule is Cc1ccc(/C(=C2\C=CC=N2)c2ccc(-c3ccccc3O)[nH]2)cc1. The zero-order valence-corrected chi connectivity index (χ0v) is 13.9. The number of para-hydroxylation sites is 1. The highest BCUT2D eigenvalue weighted by atomic mass is 16.3. The molecule has 0 saturated heterocycles. The zero-order valence-electron chi connectivity index (χ0n) is 13.9. The van der Waals surface area contributed by atoms with E-state index >= 15 is 0 Å². The van der Waals surface area contributed by atoms with Crippen molar-refractivity contribution in [3.05, 3.63) is 95.3 Å². The van der Waals surface area contributed by atoms with Crippen LogP contribution in [0.4, 0.5) is 0 Å². The molecule has 4 rings (SSSR count). The first-order chi connectivity index (χ1) is 12.2. The maximum atomic E-state index is 10.1. The lowest BCUT2D eigenvalue weighted by molar-refractivity contribution is 0.477. The molecular formula is C22H18N2O. The number of rotatable bonds is 3. The van der Waals surface area contributed by atoms with Crippen LogP contribution in [0.3, 0.4) is 0 Å². The van der Waals surface area contributed by atoms with Crippen LogP contribution in [0.15, 0.2) is 83.5 Å². The molecule has 0 spiro atoms. The summed E-state index contributed by atoms with van der Waals surface area (Å²) in [7, 11) is 0. The summed E-state index contributed by atoms with van der Waals surface area (Å²) in [6.07, 6.45) is 5.75. The summed E-state index contributed by atoms with van der Waals surface area (Å²) in [6, 6.07) is 19.8. The quantitative estimate of drug-likeness (QED) is 0.691. The monoisotopic (exact) mass is 326 g/mol. The highest BCUT2D eigenvalue weighted by molar-refractivity contribution is 5.89. The summed E-state index contributed by atoms with van der Waals surface area (Å²) in [5, 5.41) is 10.1. The van der Waals surface area contributed by atoms with E-state index < -0.39 is 0 Å². The van der Waals surface area contributed by atoms with Crippen LogP contribution >= 0.6 is 0 Å². The second kappa shape index (κ2) is 6.29. The van der Waals surface area contributed by atoms with Crippen LogP contribution in [-0.2, 0) is 0 Å². The fourth-order valence-corrected chi connectivity index (χ4v) is 3.01. The van der Waals surface area contributed by atoms with Crippen molar-refractivity contribution in [2.75, 3.05) is 0 Å². The van der Waals surface area contributed by atoms with Crippen molar-refractivity contribution in [2.24, 2.45) is 4.99 Å². The maximum absolute atomic E-state index is 10.1. The molecule has 0 aliphatic carbocycles. The Morgan fingerprint density at radius 1 is 0.960 bits per heavy atom. The molecular weight excluding hydrogens is 308 g/mol. The van der Waals surface area contributed by atoms with Gasteiger partial charge in [-0.25, -0.2) is 0 Å². The minimum atomic E-state index is 0.263. The Labute approximate surface area is 146 Å². The third-order valence-corrected chi connectivity index (χ3v) is 4.30. The van der Waals surface area contributed by atoms with Crippen molar-refractivity contribution < 1.29 is 5.11 Å². The number of aromatic nitrogens is 1. The predicted molar refractivity (Wildman–Crippen MR) is 103 cm³/mol. The van der Waals surface area contributed by atoms with Gasteiger partial charge in [-0.15, -0.1) is 0 Å². The van der Waals surface area contributed by atoms with Gasteiger partial charge in [0.05, 0.1) is 5.70 Å². The minimum absolute atomic E-state index is 0.263. The van der Waals surface area contributed by atoms with Gasteiger partial charge in [-0.05, 0) is 48.9 Å². The molecule has 3 aromatic rings. The Morgan fingerprint density at radius 2 is 1.76 bits per heavy atom. The fraction of sp³-hybridized carbons (Fsp3) is 0.0455. The van der Waals surface area contributed by atoms with Crippen LogP contribution < -0.4 is 0 Å². The lowest BCUT2D eigenvalue weighted by Gasteiger charge is -2.09. The van der Waals surface area contributed by atoms with Gasteiger partial charge in [0.2, 0.25) is 0 Å². The van der Waals surface area contributed by atoms with Crippen molar-refractivity contribution in [3.8, 4) is 17.0 Å². The molecule has 0 atom stereocenters. The molecule has 1 aliphatic rings. The number of phenolic OH excluding ortho intramolecular Hbond substituents is 1. The zero-order chi connectivity index (χ0) is 17.2. The molecule has 122 valence electrons. The Hall–Kier alpha value is -3.33. The second-order valence-electron chi connectivity index (χ2n) is 6.07. The number of nitrogens with one attached hydrogen (secondary N) is 1. The first-order valence-corrected chi connectivity index (χ1v) is 8.22. The summed E-state index contributed by atoms with van der Waals surface area (Å²) in [6.45, 7) is 2.08. The van der Waals surface area contributed by atoms with Crippen LogP contribution in [0.1, 0.15) is 16.8 Å². The molecule has 0 fully saturated rings. The summed E-state index contributed by atoms with van der Waals surface area (Å²) >= 11 is 0. The number of hydrogen-bond acceptors (Lipinski definition) is 2. The topological polar surface area (TPSA) is 48.4 Å². The largest absolute Gasteiger partial charge is 0.507 e.